The lowest BCUT2D eigenvalue weighted by Crippen LogP contribution is -2.54. The van der Waals surface area contributed by atoms with Gasteiger partial charge in [-0.1, -0.05) is 57.0 Å². The van der Waals surface area contributed by atoms with Gasteiger partial charge in [-0.25, -0.2) is 0 Å². The maximum absolute atomic E-state index is 2.55. The highest BCUT2D eigenvalue weighted by atomic mass is 29.3. The van der Waals surface area contributed by atoms with Crippen LogP contribution < -0.4 is 0 Å². The molecule has 0 bridgehead atoms. The summed E-state index contributed by atoms with van der Waals surface area (Å²) in [5, 5.41) is 0. The molecule has 1 rings (SSSR count). The lowest BCUT2D eigenvalue weighted by Gasteiger charge is -2.39. The van der Waals surface area contributed by atoms with Crippen LogP contribution in [0.3, 0.4) is 0 Å². The van der Waals surface area contributed by atoms with Gasteiger partial charge in [-0.15, -0.1) is 0 Å². The molecule has 0 heterocycles. The van der Waals surface area contributed by atoms with E-state index in [1.807, 2.05) is 0 Å². The first-order chi connectivity index (χ1) is 5.36. The number of hydrogen-bond donors (Lipinski definition) is 0. The second-order valence-corrected chi connectivity index (χ2v) is 22.2. The monoisotopic (exact) mass is 196 g/mol. The fourth-order valence-corrected chi connectivity index (χ4v) is 7.17. The van der Waals surface area contributed by atoms with Gasteiger partial charge in [0.05, 0.1) is 7.59 Å². The van der Waals surface area contributed by atoms with Crippen molar-refractivity contribution in [3.63, 3.8) is 0 Å². The maximum Gasteiger partial charge on any atom is 0.0527 e. The Bertz CT molecular complexity index is 206. The Hall–Kier alpha value is -0.0862. The normalized spacial score (nSPS) is 19.1. The van der Waals surface area contributed by atoms with Gasteiger partial charge in [0.1, 0.15) is 0 Å². The van der Waals surface area contributed by atoms with Gasteiger partial charge < -0.3 is 0 Å². The van der Waals surface area contributed by atoms with Crippen LogP contribution in [0.5, 0.6) is 0 Å². The number of allylic oxidation sites excluding steroid dienone is 4. The molecule has 0 atom stereocenters. The third-order valence-corrected chi connectivity index (χ3v) is 22.0. The van der Waals surface area contributed by atoms with E-state index < -0.39 is 15.2 Å². The summed E-state index contributed by atoms with van der Waals surface area (Å²) in [6, 6.07) is 0. The number of rotatable bonds is 2. The van der Waals surface area contributed by atoms with E-state index in [1.165, 1.54) is 0 Å². The van der Waals surface area contributed by atoms with E-state index in [1.54, 1.807) is 0 Å². The van der Waals surface area contributed by atoms with E-state index in [2.05, 4.69) is 57.0 Å². The first-order valence-corrected chi connectivity index (χ1v) is 12.3. The second kappa shape index (κ2) is 3.00. The molecule has 0 fully saturated rings. The van der Waals surface area contributed by atoms with Gasteiger partial charge in [0.25, 0.3) is 0 Å². The highest BCUT2D eigenvalue weighted by Crippen LogP contribution is 2.35. The summed E-state index contributed by atoms with van der Waals surface area (Å²) in [4.78, 5) is 0. The Balaban J connectivity index is 2.85. The zero-order valence-electron chi connectivity index (χ0n) is 8.89. The van der Waals surface area contributed by atoms with E-state index in [4.69, 9.17) is 0 Å². The van der Waals surface area contributed by atoms with Crippen LogP contribution in [0.1, 0.15) is 0 Å². The highest BCUT2D eigenvalue weighted by Gasteiger charge is 2.41. The Kier molecular flexibility index (Phi) is 2.50. The van der Waals surface area contributed by atoms with Gasteiger partial charge in [-0.05, 0) is 5.54 Å². The third kappa shape index (κ3) is 1.64. The zero-order valence-corrected chi connectivity index (χ0v) is 10.9. The molecule has 1 aliphatic carbocycles. The Morgan fingerprint density at radius 3 is 1.58 bits per heavy atom. The molecule has 12 heavy (non-hydrogen) atoms. The SMILES string of the molecule is C[Si](C)(C)[Si](C)(C)C1C=CC=C1. The van der Waals surface area contributed by atoms with Crippen LogP contribution in [0, 0.1) is 0 Å². The van der Waals surface area contributed by atoms with Crippen LogP contribution in [-0.2, 0) is 0 Å². The summed E-state index contributed by atoms with van der Waals surface area (Å²) in [5.41, 5.74) is 0.809. The molecule has 1 aliphatic rings. The average molecular weight is 196 g/mol. The fraction of sp³-hybridized carbons (Fsp3) is 0.600. The van der Waals surface area contributed by atoms with Gasteiger partial charge >= 0.3 is 0 Å². The van der Waals surface area contributed by atoms with Crippen LogP contribution in [0.15, 0.2) is 24.3 Å². The van der Waals surface area contributed by atoms with Crippen molar-refractivity contribution >= 4 is 15.2 Å². The van der Waals surface area contributed by atoms with Crippen molar-refractivity contribution in [2.75, 3.05) is 0 Å². The average Bonchev–Trinajstić information content (AvgIpc) is 2.34. The highest BCUT2D eigenvalue weighted by molar-refractivity contribution is 7.41. The van der Waals surface area contributed by atoms with Crippen molar-refractivity contribution < 1.29 is 0 Å². The van der Waals surface area contributed by atoms with Crippen LogP contribution in [0.4, 0.5) is 0 Å². The molecule has 0 aromatic carbocycles. The van der Waals surface area contributed by atoms with Gasteiger partial charge in [0.15, 0.2) is 0 Å². The zero-order chi connectivity index (χ0) is 9.41. The Morgan fingerprint density at radius 1 is 0.833 bits per heavy atom. The quantitative estimate of drug-likeness (QED) is 0.592. The Morgan fingerprint density at radius 2 is 1.25 bits per heavy atom. The molecule has 0 spiro atoms. The van der Waals surface area contributed by atoms with Gasteiger partial charge in [-0.2, -0.15) is 0 Å². The van der Waals surface area contributed by atoms with Crippen LogP contribution >= 0.6 is 0 Å². The van der Waals surface area contributed by atoms with E-state index in [9.17, 15) is 0 Å². The lowest BCUT2D eigenvalue weighted by atomic mass is 10.5. The van der Waals surface area contributed by atoms with Gasteiger partial charge in [0.2, 0.25) is 0 Å². The molecular weight excluding hydrogens is 176 g/mol. The number of hydrogen-bond acceptors (Lipinski definition) is 0. The molecule has 0 N–H and O–H groups in total. The molecule has 0 saturated heterocycles. The van der Waals surface area contributed by atoms with E-state index in [-0.39, 0.29) is 0 Å². The van der Waals surface area contributed by atoms with Crippen molar-refractivity contribution in [3.05, 3.63) is 24.3 Å². The summed E-state index contributed by atoms with van der Waals surface area (Å²) in [7, 11) is -1.92. The summed E-state index contributed by atoms with van der Waals surface area (Å²) in [6.07, 6.45) is 9.20. The van der Waals surface area contributed by atoms with Crippen molar-refractivity contribution in [2.24, 2.45) is 0 Å². The molecular formula is C10H20Si2. The van der Waals surface area contributed by atoms with Crippen LogP contribution in [0.2, 0.25) is 38.3 Å². The largest absolute Gasteiger partial charge is 0.0806 e. The fourth-order valence-electron chi connectivity index (χ4n) is 1.41. The molecule has 0 aromatic rings. The van der Waals surface area contributed by atoms with Crippen molar-refractivity contribution in [2.45, 2.75) is 38.3 Å². The molecule has 68 valence electrons. The van der Waals surface area contributed by atoms with Gasteiger partial charge in [0, 0.05) is 7.59 Å². The summed E-state index contributed by atoms with van der Waals surface area (Å²) < 4.78 is 0. The minimum atomic E-state index is -1.01. The van der Waals surface area contributed by atoms with Crippen molar-refractivity contribution in [3.8, 4) is 0 Å². The molecule has 0 unspecified atom stereocenters. The molecule has 0 aliphatic heterocycles. The third-order valence-electron chi connectivity index (χ3n) is 3.51. The molecule has 2 heteroatoms. The first kappa shape index (κ1) is 10.00. The van der Waals surface area contributed by atoms with Crippen LogP contribution in [0.25, 0.3) is 0 Å². The molecule has 0 nitrogen and oxygen atoms in total. The summed E-state index contributed by atoms with van der Waals surface area (Å²) in [6.45, 7) is 12.6. The van der Waals surface area contributed by atoms with Crippen molar-refractivity contribution in [1.82, 2.24) is 0 Å². The standard InChI is InChI=1S/C10H20Si2/c1-11(2,3)12(4,5)10-8-6-7-9-10/h6-10H,1-5H3. The smallest absolute Gasteiger partial charge is 0.0527 e. The summed E-state index contributed by atoms with van der Waals surface area (Å²) in [5.74, 6) is 0. The minimum Gasteiger partial charge on any atom is -0.0806 e. The van der Waals surface area contributed by atoms with E-state index >= 15 is 0 Å². The van der Waals surface area contributed by atoms with E-state index in [0.29, 0.717) is 0 Å². The topological polar surface area (TPSA) is 0 Å². The Labute approximate surface area is 78.2 Å². The first-order valence-electron chi connectivity index (χ1n) is 4.71. The lowest BCUT2D eigenvalue weighted by molar-refractivity contribution is 1.32. The second-order valence-electron chi connectivity index (χ2n) is 5.27. The maximum atomic E-state index is 2.55. The minimum absolute atomic E-state index is 0.809. The van der Waals surface area contributed by atoms with Crippen molar-refractivity contribution in [1.29, 1.82) is 0 Å². The van der Waals surface area contributed by atoms with Gasteiger partial charge in [-0.3, -0.25) is 0 Å². The molecule has 0 saturated carbocycles. The molecule has 0 radical (unpaired) electrons. The predicted octanol–water partition coefficient (Wildman–Crippen LogP) is 3.61. The molecule has 0 aromatic heterocycles. The summed E-state index contributed by atoms with van der Waals surface area (Å²) >= 11 is 0. The van der Waals surface area contributed by atoms with E-state index in [0.717, 1.165) is 5.54 Å². The van der Waals surface area contributed by atoms with Crippen LogP contribution in [-0.4, -0.2) is 15.2 Å². The molecule has 0 amide bonds. The predicted molar refractivity (Wildman–Crippen MR) is 62.9 cm³/mol.